The Bertz CT molecular complexity index is 1020. The van der Waals surface area contributed by atoms with Crippen molar-refractivity contribution in [3.8, 4) is 0 Å². The van der Waals surface area contributed by atoms with Gasteiger partial charge >= 0.3 is 5.97 Å². The van der Waals surface area contributed by atoms with Gasteiger partial charge in [0.15, 0.2) is 5.76 Å². The lowest BCUT2D eigenvalue weighted by atomic mass is 10.2. The monoisotopic (exact) mass is 410 g/mol. The summed E-state index contributed by atoms with van der Waals surface area (Å²) in [4.78, 5) is 36.2. The molecule has 3 N–H and O–H groups in total. The number of carboxylic acids is 1. The largest absolute Gasteiger partial charge is 0.478 e. The molecule has 1 unspecified atom stereocenters. The molecule has 2 aromatic carbocycles. The number of anilines is 2. The fourth-order valence-electron chi connectivity index (χ4n) is 2.45. The number of rotatable bonds is 7. The van der Waals surface area contributed by atoms with E-state index >= 15 is 0 Å². The molecule has 0 radical (unpaired) electrons. The van der Waals surface area contributed by atoms with Crippen LogP contribution in [-0.4, -0.2) is 28.1 Å². The molecule has 7 nitrogen and oxygen atoms in total. The quantitative estimate of drug-likeness (QED) is 0.500. The van der Waals surface area contributed by atoms with Crippen molar-refractivity contribution >= 4 is 40.9 Å². The highest BCUT2D eigenvalue weighted by Gasteiger charge is 2.16. The minimum absolute atomic E-state index is 0.152. The molecule has 0 bridgehead atoms. The number of furan rings is 1. The summed E-state index contributed by atoms with van der Waals surface area (Å²) in [5.74, 6) is -1.38. The molecule has 0 saturated carbocycles. The van der Waals surface area contributed by atoms with Gasteiger partial charge in [0, 0.05) is 16.3 Å². The van der Waals surface area contributed by atoms with E-state index in [1.54, 1.807) is 49.4 Å². The highest BCUT2D eigenvalue weighted by Crippen LogP contribution is 2.27. The number of carbonyl (C=O) groups excluding carboxylic acids is 2. The molecule has 29 heavy (non-hydrogen) atoms. The molecule has 8 heteroatoms. The van der Waals surface area contributed by atoms with Crippen molar-refractivity contribution in [2.75, 3.05) is 10.6 Å². The second-order valence-corrected chi connectivity index (χ2v) is 7.51. The highest BCUT2D eigenvalue weighted by molar-refractivity contribution is 8.00. The van der Waals surface area contributed by atoms with Crippen LogP contribution >= 0.6 is 11.8 Å². The molecule has 1 aromatic heterocycles. The van der Waals surface area contributed by atoms with E-state index in [4.69, 9.17) is 9.52 Å². The first-order chi connectivity index (χ1) is 13.9. The first-order valence-corrected chi connectivity index (χ1v) is 9.56. The Hall–Kier alpha value is -3.52. The number of benzene rings is 2. The number of carboxylic acid groups (broad SMARTS) is 1. The molecule has 0 spiro atoms. The van der Waals surface area contributed by atoms with Gasteiger partial charge in [-0.1, -0.05) is 6.07 Å². The third-order valence-electron chi connectivity index (χ3n) is 3.92. The van der Waals surface area contributed by atoms with Crippen LogP contribution < -0.4 is 10.6 Å². The second-order valence-electron chi connectivity index (χ2n) is 6.09. The zero-order valence-electron chi connectivity index (χ0n) is 15.4. The predicted molar refractivity (Wildman–Crippen MR) is 110 cm³/mol. The molecule has 1 atom stereocenters. The van der Waals surface area contributed by atoms with Crippen LogP contribution in [0.5, 0.6) is 0 Å². The summed E-state index contributed by atoms with van der Waals surface area (Å²) in [5, 5.41) is 14.0. The molecule has 3 aromatic rings. The Balaban J connectivity index is 1.59. The summed E-state index contributed by atoms with van der Waals surface area (Å²) in [6.45, 7) is 1.76. The smallest absolute Gasteiger partial charge is 0.335 e. The summed E-state index contributed by atoms with van der Waals surface area (Å²) in [6, 6.07) is 16.3. The zero-order chi connectivity index (χ0) is 20.8. The van der Waals surface area contributed by atoms with Gasteiger partial charge in [0.05, 0.1) is 17.1 Å². The van der Waals surface area contributed by atoms with Gasteiger partial charge in [0.25, 0.3) is 5.91 Å². The Morgan fingerprint density at radius 3 is 2.38 bits per heavy atom. The van der Waals surface area contributed by atoms with E-state index in [1.165, 1.54) is 30.2 Å². The fourth-order valence-corrected chi connectivity index (χ4v) is 3.37. The first kappa shape index (κ1) is 20.2. The molecule has 1 heterocycles. The van der Waals surface area contributed by atoms with Crippen LogP contribution in [0.2, 0.25) is 0 Å². The maximum atomic E-state index is 12.4. The Morgan fingerprint density at radius 2 is 1.72 bits per heavy atom. The van der Waals surface area contributed by atoms with Crippen molar-refractivity contribution in [1.29, 1.82) is 0 Å². The molecule has 148 valence electrons. The maximum absolute atomic E-state index is 12.4. The molecular weight excluding hydrogens is 392 g/mol. The first-order valence-electron chi connectivity index (χ1n) is 8.68. The maximum Gasteiger partial charge on any atom is 0.335 e. The summed E-state index contributed by atoms with van der Waals surface area (Å²) < 4.78 is 5.07. The van der Waals surface area contributed by atoms with E-state index in [1.807, 2.05) is 6.07 Å². The standard InChI is InChI=1S/C21H18N2O5S/c1-13(19(24)22-15-9-7-14(8-10-15)21(26)27)29-17-5-2-4-16(12-17)23-20(25)18-6-3-11-28-18/h2-13H,1H3,(H,22,24)(H,23,25)(H,26,27). The van der Waals surface area contributed by atoms with Gasteiger partial charge in [-0.25, -0.2) is 4.79 Å². The molecule has 0 fully saturated rings. The van der Waals surface area contributed by atoms with Crippen LogP contribution in [0.3, 0.4) is 0 Å². The fraction of sp³-hybridized carbons (Fsp3) is 0.0952. The van der Waals surface area contributed by atoms with E-state index in [0.717, 1.165) is 4.90 Å². The average Bonchev–Trinajstić information content (AvgIpc) is 3.23. The van der Waals surface area contributed by atoms with E-state index in [-0.39, 0.29) is 23.1 Å². The summed E-state index contributed by atoms with van der Waals surface area (Å²) in [6.07, 6.45) is 1.43. The van der Waals surface area contributed by atoms with Crippen molar-refractivity contribution in [3.05, 3.63) is 78.3 Å². The van der Waals surface area contributed by atoms with Crippen LogP contribution in [0.4, 0.5) is 11.4 Å². The van der Waals surface area contributed by atoms with Crippen LogP contribution in [0.15, 0.2) is 76.2 Å². The van der Waals surface area contributed by atoms with Crippen LogP contribution in [0.1, 0.15) is 27.8 Å². The summed E-state index contributed by atoms with van der Waals surface area (Å²) >= 11 is 1.34. The van der Waals surface area contributed by atoms with Crippen molar-refractivity contribution in [1.82, 2.24) is 0 Å². The average molecular weight is 410 g/mol. The third kappa shape index (κ3) is 5.49. The Labute approximate surface area is 171 Å². The SMILES string of the molecule is CC(Sc1cccc(NC(=O)c2ccco2)c1)C(=O)Nc1ccc(C(=O)O)cc1. The molecule has 0 aliphatic rings. The third-order valence-corrected chi connectivity index (χ3v) is 5.01. The molecule has 0 aliphatic heterocycles. The van der Waals surface area contributed by atoms with Crippen molar-refractivity contribution < 1.29 is 23.9 Å². The molecule has 0 saturated heterocycles. The number of hydrogen-bond acceptors (Lipinski definition) is 5. The minimum Gasteiger partial charge on any atom is -0.478 e. The van der Waals surface area contributed by atoms with E-state index in [9.17, 15) is 14.4 Å². The van der Waals surface area contributed by atoms with E-state index < -0.39 is 11.2 Å². The van der Waals surface area contributed by atoms with Gasteiger partial charge in [-0.05, 0) is 61.5 Å². The van der Waals surface area contributed by atoms with Gasteiger partial charge < -0.3 is 20.2 Å². The number of aromatic carboxylic acids is 1. The number of hydrogen-bond donors (Lipinski definition) is 3. The summed E-state index contributed by atoms with van der Waals surface area (Å²) in [7, 11) is 0. The zero-order valence-corrected chi connectivity index (χ0v) is 16.2. The Morgan fingerprint density at radius 1 is 0.966 bits per heavy atom. The topological polar surface area (TPSA) is 109 Å². The van der Waals surface area contributed by atoms with Gasteiger partial charge in [-0.2, -0.15) is 0 Å². The van der Waals surface area contributed by atoms with Gasteiger partial charge in [-0.3, -0.25) is 9.59 Å². The number of nitrogens with one attached hydrogen (secondary N) is 2. The van der Waals surface area contributed by atoms with Crippen molar-refractivity contribution in [2.24, 2.45) is 0 Å². The molecule has 2 amide bonds. The summed E-state index contributed by atoms with van der Waals surface area (Å²) in [5.41, 5.74) is 1.26. The van der Waals surface area contributed by atoms with Crippen LogP contribution in [-0.2, 0) is 4.79 Å². The molecule has 3 rings (SSSR count). The van der Waals surface area contributed by atoms with Gasteiger partial charge in [0.2, 0.25) is 5.91 Å². The minimum atomic E-state index is -1.02. The van der Waals surface area contributed by atoms with Crippen LogP contribution in [0, 0.1) is 0 Å². The predicted octanol–water partition coefficient (Wildman–Crippen LogP) is 4.35. The molecule has 0 aliphatic carbocycles. The Kier molecular flexibility index (Phi) is 6.36. The molecular formula is C21H18N2O5S. The number of carbonyl (C=O) groups is 3. The second kappa shape index (κ2) is 9.11. The normalized spacial score (nSPS) is 11.5. The lowest BCUT2D eigenvalue weighted by molar-refractivity contribution is -0.115. The highest BCUT2D eigenvalue weighted by atomic mass is 32.2. The lowest BCUT2D eigenvalue weighted by Gasteiger charge is -2.13. The van der Waals surface area contributed by atoms with Crippen LogP contribution in [0.25, 0.3) is 0 Å². The van der Waals surface area contributed by atoms with Crippen molar-refractivity contribution in [3.63, 3.8) is 0 Å². The van der Waals surface area contributed by atoms with E-state index in [2.05, 4.69) is 10.6 Å². The van der Waals surface area contributed by atoms with Gasteiger partial charge in [-0.15, -0.1) is 11.8 Å². The lowest BCUT2D eigenvalue weighted by Crippen LogP contribution is -2.22. The van der Waals surface area contributed by atoms with Gasteiger partial charge in [0.1, 0.15) is 0 Å². The van der Waals surface area contributed by atoms with E-state index in [0.29, 0.717) is 11.4 Å². The number of amides is 2. The number of thioether (sulfide) groups is 1. The van der Waals surface area contributed by atoms with Crippen molar-refractivity contribution in [2.45, 2.75) is 17.1 Å².